The minimum atomic E-state index is 0.623. The highest BCUT2D eigenvalue weighted by molar-refractivity contribution is 5.66. The lowest BCUT2D eigenvalue weighted by Crippen LogP contribution is -2.47. The summed E-state index contributed by atoms with van der Waals surface area (Å²) in [4.78, 5) is 0. The zero-order valence-electron chi connectivity index (χ0n) is 19.0. The minimum Gasteiger partial charge on any atom is -0.200 e. The number of nitrogens with zero attached hydrogens (tertiary/aromatic N) is 1. The zero-order chi connectivity index (χ0) is 21.0. The Morgan fingerprint density at radius 2 is 1.39 bits per heavy atom. The van der Waals surface area contributed by atoms with Crippen LogP contribution in [-0.2, 0) is 13.5 Å². The Morgan fingerprint density at radius 1 is 0.774 bits per heavy atom. The fourth-order valence-electron chi connectivity index (χ4n) is 7.67. The van der Waals surface area contributed by atoms with Gasteiger partial charge >= 0.3 is 0 Å². The lowest BCUT2D eigenvalue weighted by molar-refractivity contribution is -0.659. The van der Waals surface area contributed by atoms with E-state index in [1.807, 2.05) is 0 Å². The first-order valence-corrected chi connectivity index (χ1v) is 12.2. The molecule has 158 valence electrons. The summed E-state index contributed by atoms with van der Waals surface area (Å²) in [6.07, 6.45) is 12.7. The topological polar surface area (TPSA) is 3.88 Å². The Morgan fingerprint density at radius 3 is 2.00 bits per heavy atom. The fraction of sp³-hybridized carbons (Fsp3) is 0.433. The van der Waals surface area contributed by atoms with E-state index < -0.39 is 0 Å². The molecular weight excluding hydrogens is 374 g/mol. The largest absolute Gasteiger partial charge is 0.212 e. The van der Waals surface area contributed by atoms with Gasteiger partial charge in [-0.3, -0.25) is 0 Å². The number of pyridine rings is 1. The Kier molecular flexibility index (Phi) is 4.56. The quantitative estimate of drug-likeness (QED) is 0.413. The van der Waals surface area contributed by atoms with Crippen molar-refractivity contribution >= 4 is 0 Å². The second kappa shape index (κ2) is 7.33. The van der Waals surface area contributed by atoms with Crippen molar-refractivity contribution in [1.29, 1.82) is 0 Å². The van der Waals surface area contributed by atoms with Gasteiger partial charge in [0, 0.05) is 17.2 Å². The van der Waals surface area contributed by atoms with Crippen LogP contribution in [0.2, 0.25) is 0 Å². The van der Waals surface area contributed by atoms with Crippen molar-refractivity contribution < 1.29 is 4.57 Å². The monoisotopic (exact) mass is 408 g/mol. The van der Waals surface area contributed by atoms with Crippen LogP contribution in [0.15, 0.2) is 66.9 Å². The molecule has 1 aromatic heterocycles. The average Bonchev–Trinajstić information content (AvgIpc) is 2.74. The van der Waals surface area contributed by atoms with Crippen molar-refractivity contribution in [3.63, 3.8) is 0 Å². The summed E-state index contributed by atoms with van der Waals surface area (Å²) in [5.74, 6) is 3.12. The van der Waals surface area contributed by atoms with E-state index in [1.54, 1.807) is 5.56 Å². The third kappa shape index (κ3) is 3.53. The molecule has 0 N–H and O–H groups in total. The molecule has 1 nitrogen and oxygen atoms in total. The number of hydrogen-bond acceptors (Lipinski definition) is 0. The Bertz CT molecular complexity index is 1070. The van der Waals surface area contributed by atoms with Crippen molar-refractivity contribution in [2.24, 2.45) is 30.2 Å². The van der Waals surface area contributed by atoms with Gasteiger partial charge in [-0.2, -0.15) is 0 Å². The van der Waals surface area contributed by atoms with E-state index in [2.05, 4.69) is 85.4 Å². The second-order valence-corrected chi connectivity index (χ2v) is 11.0. The summed E-state index contributed by atoms with van der Waals surface area (Å²) in [6.45, 7) is 2.19. The molecular formula is C30H34N+. The minimum absolute atomic E-state index is 0.623. The molecule has 1 heterocycles. The zero-order valence-corrected chi connectivity index (χ0v) is 19.0. The lowest BCUT2D eigenvalue weighted by atomic mass is 9.48. The molecule has 0 radical (unpaired) electrons. The SMILES string of the molecule is Cc1ccccc1-c1ccc(-c2ccc(CC34CC5CC(CC(C5)C3)C4)cc2)c[n+]1C. The van der Waals surface area contributed by atoms with E-state index in [0.717, 1.165) is 17.8 Å². The van der Waals surface area contributed by atoms with Crippen LogP contribution in [0.3, 0.4) is 0 Å². The van der Waals surface area contributed by atoms with Gasteiger partial charge in [-0.15, -0.1) is 0 Å². The summed E-state index contributed by atoms with van der Waals surface area (Å²) in [5.41, 5.74) is 8.68. The summed E-state index contributed by atoms with van der Waals surface area (Å²) in [6, 6.07) is 22.7. The van der Waals surface area contributed by atoms with Gasteiger partial charge in [0.25, 0.3) is 0 Å². The standard InChI is InChI=1S/C30H34N/c1-21-5-3-4-6-28(21)29-12-11-27(20-31(29)2)26-9-7-22(8-10-26)16-30-17-23-13-24(18-30)15-25(14-23)19-30/h3-12,20,23-25H,13-19H2,1-2H3/q+1. The van der Waals surface area contributed by atoms with Crippen molar-refractivity contribution in [2.75, 3.05) is 0 Å². The first-order valence-electron chi connectivity index (χ1n) is 12.2. The molecule has 2 aromatic carbocycles. The molecule has 0 atom stereocenters. The summed E-state index contributed by atoms with van der Waals surface area (Å²) in [5, 5.41) is 0. The third-order valence-corrected chi connectivity index (χ3v) is 8.59. The van der Waals surface area contributed by atoms with Gasteiger partial charge in [-0.1, -0.05) is 42.5 Å². The number of rotatable bonds is 4. The molecule has 0 aliphatic heterocycles. The molecule has 4 fully saturated rings. The predicted octanol–water partition coefficient (Wildman–Crippen LogP) is 6.91. The molecule has 4 aliphatic rings. The summed E-state index contributed by atoms with van der Waals surface area (Å²) in [7, 11) is 2.16. The van der Waals surface area contributed by atoms with Crippen LogP contribution in [0.4, 0.5) is 0 Å². The van der Waals surface area contributed by atoms with Crippen LogP contribution in [0.25, 0.3) is 22.4 Å². The molecule has 31 heavy (non-hydrogen) atoms. The average molecular weight is 409 g/mol. The number of benzene rings is 2. The van der Waals surface area contributed by atoms with Crippen molar-refractivity contribution in [2.45, 2.75) is 51.9 Å². The van der Waals surface area contributed by atoms with Gasteiger partial charge in [0.2, 0.25) is 5.69 Å². The van der Waals surface area contributed by atoms with E-state index in [4.69, 9.17) is 0 Å². The fourth-order valence-corrected chi connectivity index (χ4v) is 7.67. The van der Waals surface area contributed by atoms with E-state index in [9.17, 15) is 0 Å². The van der Waals surface area contributed by atoms with Gasteiger partial charge in [-0.05, 0) is 104 Å². The van der Waals surface area contributed by atoms with Gasteiger partial charge < -0.3 is 0 Å². The highest BCUT2D eigenvalue weighted by atomic mass is 14.9. The van der Waals surface area contributed by atoms with Gasteiger partial charge in [0.1, 0.15) is 7.05 Å². The lowest BCUT2D eigenvalue weighted by Gasteiger charge is -2.57. The first kappa shape index (κ1) is 19.3. The number of aromatic nitrogens is 1. The van der Waals surface area contributed by atoms with Crippen molar-refractivity contribution in [3.8, 4) is 22.4 Å². The highest BCUT2D eigenvalue weighted by Gasteiger charge is 2.50. The van der Waals surface area contributed by atoms with Crippen molar-refractivity contribution in [1.82, 2.24) is 0 Å². The molecule has 4 bridgehead atoms. The van der Waals surface area contributed by atoms with Crippen LogP contribution in [0.5, 0.6) is 0 Å². The maximum atomic E-state index is 2.41. The van der Waals surface area contributed by atoms with Gasteiger partial charge in [0.15, 0.2) is 6.20 Å². The molecule has 3 aromatic rings. The van der Waals surface area contributed by atoms with Crippen LogP contribution < -0.4 is 4.57 Å². The van der Waals surface area contributed by atoms with E-state index >= 15 is 0 Å². The maximum absolute atomic E-state index is 2.41. The van der Waals surface area contributed by atoms with E-state index in [1.165, 1.54) is 72.9 Å². The summed E-state index contributed by atoms with van der Waals surface area (Å²) >= 11 is 0. The molecule has 1 heteroatoms. The van der Waals surface area contributed by atoms with Crippen LogP contribution in [0, 0.1) is 30.1 Å². The molecule has 7 rings (SSSR count). The Hall–Kier alpha value is -2.41. The molecule has 0 unspecified atom stereocenters. The molecule has 0 amide bonds. The second-order valence-electron chi connectivity index (χ2n) is 11.0. The third-order valence-electron chi connectivity index (χ3n) is 8.59. The Labute approximate surface area is 187 Å². The van der Waals surface area contributed by atoms with E-state index in [-0.39, 0.29) is 0 Å². The normalized spacial score (nSPS) is 28.8. The summed E-state index contributed by atoms with van der Waals surface area (Å²) < 4.78 is 2.26. The van der Waals surface area contributed by atoms with Crippen molar-refractivity contribution in [3.05, 3.63) is 78.0 Å². The first-order chi connectivity index (χ1) is 15.1. The maximum Gasteiger partial charge on any atom is 0.212 e. The smallest absolute Gasteiger partial charge is 0.200 e. The van der Waals surface area contributed by atoms with Crippen LogP contribution in [-0.4, -0.2) is 0 Å². The van der Waals surface area contributed by atoms with Crippen LogP contribution >= 0.6 is 0 Å². The molecule has 4 aliphatic carbocycles. The Balaban J connectivity index is 1.22. The number of aryl methyl sites for hydroxylation is 2. The highest BCUT2D eigenvalue weighted by Crippen LogP contribution is 2.61. The molecule has 0 spiro atoms. The predicted molar refractivity (Wildman–Crippen MR) is 128 cm³/mol. The van der Waals surface area contributed by atoms with Crippen LogP contribution in [0.1, 0.15) is 49.7 Å². The van der Waals surface area contributed by atoms with E-state index in [0.29, 0.717) is 5.41 Å². The molecule has 4 saturated carbocycles. The van der Waals surface area contributed by atoms with Gasteiger partial charge in [0.05, 0.1) is 0 Å². The van der Waals surface area contributed by atoms with Gasteiger partial charge in [-0.25, -0.2) is 4.57 Å². The molecule has 0 saturated heterocycles. The number of hydrogen-bond donors (Lipinski definition) is 0.